The monoisotopic (exact) mass is 462 g/mol. The number of nitrogens with one attached hydrogen (secondary N) is 1. The number of hydrogen-bond donors (Lipinski definition) is 1. The highest BCUT2D eigenvalue weighted by molar-refractivity contribution is 6.02. The van der Waals surface area contributed by atoms with E-state index in [0.717, 1.165) is 0 Å². The highest BCUT2D eigenvalue weighted by Crippen LogP contribution is 2.30. The number of carbonyl (C=O) groups excluding carboxylic acids is 1. The Morgan fingerprint density at radius 3 is 2.32 bits per heavy atom. The van der Waals surface area contributed by atoms with Gasteiger partial charge < -0.3 is 19.5 Å². The summed E-state index contributed by atoms with van der Waals surface area (Å²) in [6, 6.07) is 18.1. The van der Waals surface area contributed by atoms with E-state index in [1.165, 1.54) is 31.0 Å². The first-order valence-electron chi connectivity index (χ1n) is 10.5. The molecule has 0 bridgehead atoms. The Labute approximate surface area is 195 Å². The molecular formula is C25H23FN4O4. The van der Waals surface area contributed by atoms with E-state index < -0.39 is 5.91 Å². The van der Waals surface area contributed by atoms with E-state index in [9.17, 15) is 9.18 Å². The Kier molecular flexibility index (Phi) is 6.72. The number of halogens is 1. The quantitative estimate of drug-likeness (QED) is 0.407. The van der Waals surface area contributed by atoms with Crippen LogP contribution in [0.4, 0.5) is 10.1 Å². The topological polar surface area (TPSA) is 87.5 Å². The van der Waals surface area contributed by atoms with Gasteiger partial charge in [0.1, 0.15) is 23.1 Å². The molecule has 0 saturated heterocycles. The summed E-state index contributed by atoms with van der Waals surface area (Å²) in [5, 5.41) is 7.20. The maximum atomic E-state index is 13.5. The first-order valence-corrected chi connectivity index (χ1v) is 10.5. The third kappa shape index (κ3) is 4.83. The lowest BCUT2D eigenvalue weighted by Crippen LogP contribution is -2.15. The molecule has 3 aromatic carbocycles. The third-order valence-electron chi connectivity index (χ3n) is 4.96. The molecule has 4 aromatic rings. The van der Waals surface area contributed by atoms with Crippen molar-refractivity contribution >= 4 is 11.6 Å². The zero-order valence-electron chi connectivity index (χ0n) is 18.9. The van der Waals surface area contributed by atoms with Crippen molar-refractivity contribution in [3.05, 3.63) is 78.4 Å². The zero-order chi connectivity index (χ0) is 24.1. The van der Waals surface area contributed by atoms with Crippen molar-refractivity contribution in [1.29, 1.82) is 0 Å². The van der Waals surface area contributed by atoms with Gasteiger partial charge >= 0.3 is 0 Å². The second kappa shape index (κ2) is 10.0. The lowest BCUT2D eigenvalue weighted by molar-refractivity contribution is 0.101. The fraction of sp³-hybridized carbons (Fsp3) is 0.160. The number of hydrogen-bond acceptors (Lipinski definition) is 6. The summed E-state index contributed by atoms with van der Waals surface area (Å²) in [6.07, 6.45) is 0. The van der Waals surface area contributed by atoms with Gasteiger partial charge in [-0.15, -0.1) is 5.10 Å². The summed E-state index contributed by atoms with van der Waals surface area (Å²) in [5.41, 5.74) is 1.67. The highest BCUT2D eigenvalue weighted by atomic mass is 19.1. The number of anilines is 1. The first kappa shape index (κ1) is 22.8. The molecule has 1 amide bonds. The molecular weight excluding hydrogens is 439 g/mol. The van der Waals surface area contributed by atoms with Crippen LogP contribution in [0.25, 0.3) is 17.1 Å². The molecule has 34 heavy (non-hydrogen) atoms. The van der Waals surface area contributed by atoms with Crippen LogP contribution in [-0.4, -0.2) is 41.5 Å². The van der Waals surface area contributed by atoms with Crippen molar-refractivity contribution in [2.45, 2.75) is 6.92 Å². The molecule has 0 aliphatic carbocycles. The van der Waals surface area contributed by atoms with Crippen LogP contribution in [0, 0.1) is 5.82 Å². The van der Waals surface area contributed by atoms with Gasteiger partial charge in [-0.05, 0) is 67.6 Å². The van der Waals surface area contributed by atoms with E-state index in [2.05, 4.69) is 15.4 Å². The maximum absolute atomic E-state index is 13.5. The molecule has 1 aromatic heterocycles. The van der Waals surface area contributed by atoms with Gasteiger partial charge in [0.05, 0.1) is 32.2 Å². The van der Waals surface area contributed by atoms with Crippen LogP contribution in [0.15, 0.2) is 66.7 Å². The van der Waals surface area contributed by atoms with E-state index in [4.69, 9.17) is 14.2 Å². The van der Waals surface area contributed by atoms with Crippen molar-refractivity contribution in [3.63, 3.8) is 0 Å². The summed E-state index contributed by atoms with van der Waals surface area (Å²) in [7, 11) is 3.03. The average molecular weight is 462 g/mol. The predicted octanol–water partition coefficient (Wildman–Crippen LogP) is 4.74. The van der Waals surface area contributed by atoms with E-state index in [0.29, 0.717) is 46.6 Å². The fourth-order valence-electron chi connectivity index (χ4n) is 3.31. The molecule has 4 rings (SSSR count). The molecule has 0 saturated carbocycles. The SMILES string of the molecule is CCOc1ccc(-n2nc(C(=O)Nc3cc(OC)ccc3OC)nc2-c2ccc(F)cc2)cc1. The molecule has 0 aliphatic rings. The van der Waals surface area contributed by atoms with Crippen LogP contribution in [-0.2, 0) is 0 Å². The smallest absolute Gasteiger partial charge is 0.295 e. The normalized spacial score (nSPS) is 10.6. The molecule has 0 unspecified atom stereocenters. The van der Waals surface area contributed by atoms with Crippen LogP contribution in [0.3, 0.4) is 0 Å². The van der Waals surface area contributed by atoms with Crippen LogP contribution in [0.5, 0.6) is 17.2 Å². The summed E-state index contributed by atoms with van der Waals surface area (Å²) < 4.78 is 31.1. The molecule has 1 heterocycles. The van der Waals surface area contributed by atoms with Crippen molar-refractivity contribution < 1.29 is 23.4 Å². The van der Waals surface area contributed by atoms with Gasteiger partial charge in [-0.25, -0.2) is 14.1 Å². The van der Waals surface area contributed by atoms with Gasteiger partial charge in [-0.2, -0.15) is 0 Å². The zero-order valence-corrected chi connectivity index (χ0v) is 18.9. The minimum atomic E-state index is -0.542. The maximum Gasteiger partial charge on any atom is 0.295 e. The predicted molar refractivity (Wildman–Crippen MR) is 125 cm³/mol. The summed E-state index contributed by atoms with van der Waals surface area (Å²) in [6.45, 7) is 2.45. The van der Waals surface area contributed by atoms with Crippen molar-refractivity contribution in [2.24, 2.45) is 0 Å². The first-order chi connectivity index (χ1) is 16.5. The number of amides is 1. The van der Waals surface area contributed by atoms with Crippen LogP contribution in [0.2, 0.25) is 0 Å². The second-order valence-corrected chi connectivity index (χ2v) is 7.12. The van der Waals surface area contributed by atoms with Crippen LogP contribution in [0.1, 0.15) is 17.5 Å². The number of ether oxygens (including phenoxy) is 3. The Hall–Kier alpha value is -4.40. The molecule has 0 radical (unpaired) electrons. The molecule has 174 valence electrons. The molecule has 0 fully saturated rings. The second-order valence-electron chi connectivity index (χ2n) is 7.12. The molecule has 0 aliphatic heterocycles. The summed E-state index contributed by atoms with van der Waals surface area (Å²) >= 11 is 0. The van der Waals surface area contributed by atoms with Crippen molar-refractivity contribution in [2.75, 3.05) is 26.1 Å². The highest BCUT2D eigenvalue weighted by Gasteiger charge is 2.20. The van der Waals surface area contributed by atoms with E-state index in [-0.39, 0.29) is 11.6 Å². The third-order valence-corrected chi connectivity index (χ3v) is 4.96. The number of methoxy groups -OCH3 is 2. The van der Waals surface area contributed by atoms with Gasteiger partial charge in [-0.3, -0.25) is 4.79 Å². The minimum absolute atomic E-state index is 0.0712. The average Bonchev–Trinajstić information content (AvgIpc) is 3.31. The lowest BCUT2D eigenvalue weighted by atomic mass is 10.2. The summed E-state index contributed by atoms with van der Waals surface area (Å²) in [5.74, 6) is 1.11. The molecule has 0 spiro atoms. The molecule has 9 heteroatoms. The number of carbonyl (C=O) groups is 1. The van der Waals surface area contributed by atoms with E-state index in [1.54, 1.807) is 54.6 Å². The largest absolute Gasteiger partial charge is 0.497 e. The molecule has 8 nitrogen and oxygen atoms in total. The Morgan fingerprint density at radius 1 is 0.971 bits per heavy atom. The van der Waals surface area contributed by atoms with E-state index in [1.807, 2.05) is 6.92 Å². The van der Waals surface area contributed by atoms with Gasteiger partial charge in [0, 0.05) is 11.6 Å². The van der Waals surface area contributed by atoms with Crippen molar-refractivity contribution in [3.8, 4) is 34.3 Å². The van der Waals surface area contributed by atoms with Gasteiger partial charge in [0.2, 0.25) is 5.82 Å². The fourth-order valence-corrected chi connectivity index (χ4v) is 3.31. The number of benzene rings is 3. The number of rotatable bonds is 8. The standard InChI is InChI=1S/C25H23FN4O4/c1-4-34-19-11-9-18(10-12-19)30-24(16-5-7-17(26)8-6-16)28-23(29-30)25(31)27-21-15-20(32-2)13-14-22(21)33-3/h5-15H,4H2,1-3H3,(H,27,31). The Morgan fingerprint density at radius 2 is 1.68 bits per heavy atom. The van der Waals surface area contributed by atoms with Gasteiger partial charge in [-0.1, -0.05) is 0 Å². The lowest BCUT2D eigenvalue weighted by Gasteiger charge is -2.10. The Bertz CT molecular complexity index is 1290. The van der Waals surface area contributed by atoms with Crippen molar-refractivity contribution in [1.82, 2.24) is 14.8 Å². The number of nitrogens with zero attached hydrogens (tertiary/aromatic N) is 3. The van der Waals surface area contributed by atoms with Gasteiger partial charge in [0.15, 0.2) is 5.82 Å². The van der Waals surface area contributed by atoms with Crippen LogP contribution < -0.4 is 19.5 Å². The van der Waals surface area contributed by atoms with E-state index >= 15 is 0 Å². The summed E-state index contributed by atoms with van der Waals surface area (Å²) in [4.78, 5) is 17.5. The minimum Gasteiger partial charge on any atom is -0.497 e. The van der Waals surface area contributed by atoms with Crippen LogP contribution >= 0.6 is 0 Å². The van der Waals surface area contributed by atoms with Gasteiger partial charge in [0.25, 0.3) is 5.91 Å². The number of aromatic nitrogens is 3. The Balaban J connectivity index is 1.73. The molecule has 1 N–H and O–H groups in total. The molecule has 0 atom stereocenters.